The molecule has 2 aromatic rings. The van der Waals surface area contributed by atoms with E-state index in [0.717, 1.165) is 5.56 Å². The van der Waals surface area contributed by atoms with Crippen molar-refractivity contribution in [3.8, 4) is 11.8 Å². The molecule has 2 N–H and O–H groups in total. The van der Waals surface area contributed by atoms with Crippen molar-refractivity contribution in [3.63, 3.8) is 0 Å². The number of nitrogens with two attached hydrogens (primary N) is 1. The van der Waals surface area contributed by atoms with E-state index < -0.39 is 0 Å². The van der Waals surface area contributed by atoms with Gasteiger partial charge in [-0.25, -0.2) is 4.39 Å². The molecule has 21 heavy (non-hydrogen) atoms. The summed E-state index contributed by atoms with van der Waals surface area (Å²) in [5.74, 6) is 5.05. The van der Waals surface area contributed by atoms with Gasteiger partial charge in [-0.15, -0.1) is 0 Å². The van der Waals surface area contributed by atoms with Crippen LogP contribution in [0.1, 0.15) is 15.9 Å². The van der Waals surface area contributed by atoms with Crippen molar-refractivity contribution in [1.82, 2.24) is 0 Å². The van der Waals surface area contributed by atoms with E-state index in [1.807, 2.05) is 0 Å². The topological polar surface area (TPSA) is 46.3 Å². The molecular weight excluding hydrogens is 267 g/mol. The third-order valence-corrected chi connectivity index (χ3v) is 2.97. The van der Waals surface area contributed by atoms with E-state index in [9.17, 15) is 9.18 Å². The second kappa shape index (κ2) is 6.69. The molecule has 0 saturated carbocycles. The average Bonchev–Trinajstić information content (AvgIpc) is 2.52. The maximum Gasteiger partial charge on any atom is 0.258 e. The van der Waals surface area contributed by atoms with Gasteiger partial charge in [0.1, 0.15) is 5.82 Å². The first-order chi connectivity index (χ1) is 10.1. The summed E-state index contributed by atoms with van der Waals surface area (Å²) in [7, 11) is 1.61. The zero-order chi connectivity index (χ0) is 15.2. The standard InChI is InChI=1S/C17H15FN2O/c1-20(16-6-2-5-15(18)12-16)17(21)14-9-7-13(8-10-14)4-3-11-19/h2,5-10,12H,11,19H2,1H3. The Morgan fingerprint density at radius 2 is 1.95 bits per heavy atom. The Morgan fingerprint density at radius 1 is 1.24 bits per heavy atom. The molecular formula is C17H15FN2O. The molecule has 106 valence electrons. The van der Waals surface area contributed by atoms with Crippen molar-refractivity contribution in [1.29, 1.82) is 0 Å². The Balaban J connectivity index is 2.19. The second-order valence-corrected chi connectivity index (χ2v) is 4.43. The molecule has 0 heterocycles. The second-order valence-electron chi connectivity index (χ2n) is 4.43. The Kier molecular flexibility index (Phi) is 4.70. The minimum Gasteiger partial charge on any atom is -0.320 e. The van der Waals surface area contributed by atoms with Crippen LogP contribution in [0.25, 0.3) is 0 Å². The lowest BCUT2D eigenvalue weighted by Crippen LogP contribution is -2.26. The van der Waals surface area contributed by atoms with Crippen LogP contribution in [0.4, 0.5) is 10.1 Å². The number of anilines is 1. The van der Waals surface area contributed by atoms with E-state index in [4.69, 9.17) is 5.73 Å². The first-order valence-corrected chi connectivity index (χ1v) is 6.44. The van der Waals surface area contributed by atoms with E-state index in [1.165, 1.54) is 17.0 Å². The van der Waals surface area contributed by atoms with Crippen molar-refractivity contribution in [3.05, 3.63) is 65.5 Å². The maximum atomic E-state index is 13.2. The van der Waals surface area contributed by atoms with E-state index in [-0.39, 0.29) is 11.7 Å². The Morgan fingerprint density at radius 3 is 2.57 bits per heavy atom. The number of rotatable bonds is 2. The maximum absolute atomic E-state index is 13.2. The van der Waals surface area contributed by atoms with Gasteiger partial charge in [-0.2, -0.15) is 0 Å². The molecule has 2 rings (SSSR count). The first-order valence-electron chi connectivity index (χ1n) is 6.44. The summed E-state index contributed by atoms with van der Waals surface area (Å²) in [6.45, 7) is 0.295. The van der Waals surface area contributed by atoms with Crippen molar-refractivity contribution in [2.75, 3.05) is 18.5 Å². The monoisotopic (exact) mass is 282 g/mol. The number of benzene rings is 2. The van der Waals surface area contributed by atoms with Crippen LogP contribution in [-0.4, -0.2) is 19.5 Å². The summed E-state index contributed by atoms with van der Waals surface area (Å²) in [6.07, 6.45) is 0. The number of carbonyl (C=O) groups excluding carboxylic acids is 1. The van der Waals surface area contributed by atoms with Crippen LogP contribution in [0.5, 0.6) is 0 Å². The average molecular weight is 282 g/mol. The molecule has 0 aromatic heterocycles. The summed E-state index contributed by atoms with van der Waals surface area (Å²) < 4.78 is 13.2. The van der Waals surface area contributed by atoms with Gasteiger partial charge >= 0.3 is 0 Å². The normalized spacial score (nSPS) is 9.67. The van der Waals surface area contributed by atoms with Crippen LogP contribution in [0, 0.1) is 17.7 Å². The van der Waals surface area contributed by atoms with Gasteiger partial charge in [-0.1, -0.05) is 17.9 Å². The molecule has 2 aromatic carbocycles. The lowest BCUT2D eigenvalue weighted by Gasteiger charge is -2.17. The molecule has 4 heteroatoms. The number of halogens is 1. The Bertz CT molecular complexity index is 699. The smallest absolute Gasteiger partial charge is 0.258 e. The van der Waals surface area contributed by atoms with Gasteiger partial charge in [0.2, 0.25) is 0 Å². The molecule has 0 aliphatic carbocycles. The lowest BCUT2D eigenvalue weighted by atomic mass is 10.1. The van der Waals surface area contributed by atoms with Gasteiger partial charge in [-0.05, 0) is 42.5 Å². The van der Waals surface area contributed by atoms with E-state index >= 15 is 0 Å². The zero-order valence-corrected chi connectivity index (χ0v) is 11.6. The molecule has 3 nitrogen and oxygen atoms in total. The van der Waals surface area contributed by atoms with E-state index in [0.29, 0.717) is 17.8 Å². The number of carbonyl (C=O) groups is 1. The summed E-state index contributed by atoms with van der Waals surface area (Å²) in [5, 5.41) is 0. The van der Waals surface area contributed by atoms with E-state index in [2.05, 4.69) is 11.8 Å². The van der Waals surface area contributed by atoms with Crippen LogP contribution >= 0.6 is 0 Å². The van der Waals surface area contributed by atoms with Crippen LogP contribution in [0.3, 0.4) is 0 Å². The summed E-state index contributed by atoms with van der Waals surface area (Å²) >= 11 is 0. The number of hydrogen-bond acceptors (Lipinski definition) is 2. The van der Waals surface area contributed by atoms with Crippen molar-refractivity contribution < 1.29 is 9.18 Å². The van der Waals surface area contributed by atoms with Gasteiger partial charge in [-0.3, -0.25) is 4.79 Å². The molecule has 0 aliphatic heterocycles. The van der Waals surface area contributed by atoms with Crippen LogP contribution in [-0.2, 0) is 0 Å². The lowest BCUT2D eigenvalue weighted by molar-refractivity contribution is 0.0993. The minimum absolute atomic E-state index is 0.209. The Hall–Kier alpha value is -2.64. The van der Waals surface area contributed by atoms with Crippen molar-refractivity contribution >= 4 is 11.6 Å². The predicted octanol–water partition coefficient (Wildman–Crippen LogP) is 2.41. The molecule has 0 radical (unpaired) electrons. The third-order valence-electron chi connectivity index (χ3n) is 2.97. The van der Waals surface area contributed by atoms with Gasteiger partial charge in [0.05, 0.1) is 6.54 Å². The highest BCUT2D eigenvalue weighted by molar-refractivity contribution is 6.05. The van der Waals surface area contributed by atoms with Gasteiger partial charge in [0.25, 0.3) is 5.91 Å². The molecule has 0 saturated heterocycles. The zero-order valence-electron chi connectivity index (χ0n) is 11.6. The molecule has 0 atom stereocenters. The SMILES string of the molecule is CN(C(=O)c1ccc(C#CCN)cc1)c1cccc(F)c1. The molecule has 1 amide bonds. The van der Waals surface area contributed by atoms with Crippen molar-refractivity contribution in [2.24, 2.45) is 5.73 Å². The fourth-order valence-electron chi connectivity index (χ4n) is 1.84. The largest absolute Gasteiger partial charge is 0.320 e. The van der Waals surface area contributed by atoms with Crippen LogP contribution in [0.15, 0.2) is 48.5 Å². The molecule has 0 bridgehead atoms. The van der Waals surface area contributed by atoms with Gasteiger partial charge in [0, 0.05) is 23.9 Å². The fraction of sp³-hybridized carbons (Fsp3) is 0.118. The third kappa shape index (κ3) is 3.68. The number of hydrogen-bond donors (Lipinski definition) is 1. The van der Waals surface area contributed by atoms with E-state index in [1.54, 1.807) is 43.4 Å². The van der Waals surface area contributed by atoms with Crippen LogP contribution in [0.2, 0.25) is 0 Å². The highest BCUT2D eigenvalue weighted by atomic mass is 19.1. The minimum atomic E-state index is -0.375. The van der Waals surface area contributed by atoms with Gasteiger partial charge < -0.3 is 10.6 Å². The molecule has 0 unspecified atom stereocenters. The van der Waals surface area contributed by atoms with Gasteiger partial charge in [0.15, 0.2) is 0 Å². The molecule has 0 spiro atoms. The summed E-state index contributed by atoms with van der Waals surface area (Å²) in [4.78, 5) is 13.7. The predicted molar refractivity (Wildman–Crippen MR) is 81.5 cm³/mol. The first kappa shape index (κ1) is 14.8. The number of amides is 1. The molecule has 0 aliphatic rings. The highest BCUT2D eigenvalue weighted by Gasteiger charge is 2.13. The Labute approximate surface area is 123 Å². The summed E-state index contributed by atoms with van der Waals surface area (Å²) in [5.41, 5.74) is 7.12. The molecule has 0 fully saturated rings. The summed E-state index contributed by atoms with van der Waals surface area (Å²) in [6, 6.07) is 12.8. The van der Waals surface area contributed by atoms with Crippen molar-refractivity contribution in [2.45, 2.75) is 0 Å². The highest BCUT2D eigenvalue weighted by Crippen LogP contribution is 2.17. The quantitative estimate of drug-likeness (QED) is 0.860. The number of nitrogens with zero attached hydrogens (tertiary/aromatic N) is 1. The van der Waals surface area contributed by atoms with Crippen LogP contribution < -0.4 is 10.6 Å². The fourth-order valence-corrected chi connectivity index (χ4v) is 1.84.